The first-order valence-electron chi connectivity index (χ1n) is 22.8. The molecule has 0 spiro atoms. The third-order valence-corrected chi connectivity index (χ3v) is 14.2. The van der Waals surface area contributed by atoms with Gasteiger partial charge in [0.25, 0.3) is 0 Å². The highest BCUT2D eigenvalue weighted by atomic mass is 19.1. The molecule has 4 nitrogen and oxygen atoms in total. The van der Waals surface area contributed by atoms with Crippen molar-refractivity contribution in [1.29, 1.82) is 0 Å². The van der Waals surface area contributed by atoms with Crippen LogP contribution in [0.1, 0.15) is 22.6 Å². The number of fused-ring (bicyclic) bond motifs is 12. The van der Waals surface area contributed by atoms with Crippen molar-refractivity contribution in [1.82, 2.24) is 13.7 Å². The monoisotopic (exact) mass is 874 g/mol. The summed E-state index contributed by atoms with van der Waals surface area (Å²) in [4.78, 5) is 4.47. The quantitative estimate of drug-likeness (QED) is 0.154. The molecule has 68 heavy (non-hydrogen) atoms. The number of halogens is 2. The fourth-order valence-electron chi connectivity index (χ4n) is 11.5. The molecule has 3 heterocycles. The van der Waals surface area contributed by atoms with E-state index in [1.807, 2.05) is 36.4 Å². The van der Waals surface area contributed by atoms with Crippen molar-refractivity contribution in [2.24, 2.45) is 0 Å². The molecule has 0 unspecified atom stereocenters. The van der Waals surface area contributed by atoms with E-state index in [0.717, 1.165) is 72.0 Å². The predicted octanol–water partition coefficient (Wildman–Crippen LogP) is 16.6. The first kappa shape index (κ1) is 38.2. The minimum atomic E-state index is -0.692. The van der Waals surface area contributed by atoms with Gasteiger partial charge in [0.1, 0.15) is 11.6 Å². The molecule has 14 rings (SSSR count). The number of hydrogen-bond acceptors (Lipinski definition) is 0. The van der Waals surface area contributed by atoms with Crippen LogP contribution in [0.2, 0.25) is 0 Å². The number of benzene rings is 10. The van der Waals surface area contributed by atoms with Crippen molar-refractivity contribution in [2.45, 2.75) is 5.92 Å². The lowest BCUT2D eigenvalue weighted by Crippen LogP contribution is -2.04. The van der Waals surface area contributed by atoms with Crippen molar-refractivity contribution < 1.29 is 8.78 Å². The Morgan fingerprint density at radius 1 is 0.382 bits per heavy atom. The van der Waals surface area contributed by atoms with E-state index >= 15 is 8.78 Å². The van der Waals surface area contributed by atoms with Crippen molar-refractivity contribution in [2.75, 3.05) is 0 Å². The first-order valence-corrected chi connectivity index (χ1v) is 22.8. The maximum Gasteiger partial charge on any atom is 0.234 e. The topological polar surface area (TPSA) is 19.1 Å². The van der Waals surface area contributed by atoms with Gasteiger partial charge < -0.3 is 13.7 Å². The molecule has 0 amide bonds. The van der Waals surface area contributed by atoms with Crippen LogP contribution in [-0.4, -0.2) is 13.7 Å². The van der Waals surface area contributed by atoms with E-state index in [1.165, 1.54) is 45.2 Å². The van der Waals surface area contributed by atoms with Crippen molar-refractivity contribution >= 4 is 71.1 Å². The van der Waals surface area contributed by atoms with Gasteiger partial charge in [0.15, 0.2) is 0 Å². The van der Waals surface area contributed by atoms with Gasteiger partial charge in [-0.05, 0) is 99.6 Å². The molecular weight excluding hydrogens is 839 g/mol. The molecule has 0 saturated carbocycles. The van der Waals surface area contributed by atoms with Gasteiger partial charge in [-0.25, -0.2) is 13.6 Å². The number of para-hydroxylation sites is 4. The van der Waals surface area contributed by atoms with Crippen LogP contribution < -0.4 is 0 Å². The van der Waals surface area contributed by atoms with Gasteiger partial charge in [-0.3, -0.25) is 0 Å². The second-order valence-electron chi connectivity index (χ2n) is 17.8. The molecule has 318 valence electrons. The van der Waals surface area contributed by atoms with E-state index < -0.39 is 11.6 Å². The highest BCUT2D eigenvalue weighted by Crippen LogP contribution is 2.50. The fraction of sp³-hybridized carbons (Fsp3) is 0.0161. The Labute approximate surface area is 389 Å². The molecule has 3 aromatic heterocycles. The molecular formula is C62H36F2N4. The molecule has 13 aromatic rings. The summed E-state index contributed by atoms with van der Waals surface area (Å²) in [5.41, 5.74) is 15.3. The Hall–Kier alpha value is -9.05. The van der Waals surface area contributed by atoms with Gasteiger partial charge in [0.05, 0.1) is 51.0 Å². The highest BCUT2D eigenvalue weighted by molar-refractivity contribution is 6.14. The second-order valence-corrected chi connectivity index (χ2v) is 17.8. The van der Waals surface area contributed by atoms with Crippen molar-refractivity contribution in [3.8, 4) is 39.3 Å². The van der Waals surface area contributed by atoms with Crippen LogP contribution in [0.3, 0.4) is 0 Å². The van der Waals surface area contributed by atoms with E-state index in [1.54, 1.807) is 0 Å². The number of rotatable bonds is 5. The van der Waals surface area contributed by atoms with Crippen molar-refractivity contribution in [3.63, 3.8) is 0 Å². The summed E-state index contributed by atoms with van der Waals surface area (Å²) in [6.45, 7) is 9.23. The summed E-state index contributed by atoms with van der Waals surface area (Å²) in [6.07, 6.45) is 0. The van der Waals surface area contributed by atoms with E-state index in [0.29, 0.717) is 28.2 Å². The summed E-state index contributed by atoms with van der Waals surface area (Å²) < 4.78 is 37.5. The average Bonchev–Trinajstić information content (AvgIpc) is 4.10. The van der Waals surface area contributed by atoms with E-state index in [9.17, 15) is 6.57 Å². The van der Waals surface area contributed by atoms with Crippen molar-refractivity contribution in [3.05, 3.63) is 252 Å². The highest BCUT2D eigenvalue weighted by Gasteiger charge is 2.31. The molecule has 0 N–H and O–H groups in total. The lowest BCUT2D eigenvalue weighted by Gasteiger charge is -2.21. The summed E-state index contributed by atoms with van der Waals surface area (Å²) in [6, 6.07) is 71.5. The summed E-state index contributed by atoms with van der Waals surface area (Å²) in [7, 11) is 0. The van der Waals surface area contributed by atoms with Gasteiger partial charge in [-0.2, -0.15) is 0 Å². The summed E-state index contributed by atoms with van der Waals surface area (Å²) in [5.74, 6) is -1.41. The average molecular weight is 875 g/mol. The van der Waals surface area contributed by atoms with Crippen LogP contribution in [0.15, 0.2) is 212 Å². The molecule has 1 aliphatic rings. The molecule has 0 radical (unpaired) electrons. The Kier molecular flexibility index (Phi) is 8.14. The largest absolute Gasteiger partial charge is 0.319 e. The number of nitrogens with zero attached hydrogens (tertiary/aromatic N) is 4. The second kappa shape index (κ2) is 14.5. The zero-order valence-corrected chi connectivity index (χ0v) is 36.3. The van der Waals surface area contributed by atoms with E-state index in [-0.39, 0.29) is 5.92 Å². The SMILES string of the molecule is [C-]#[N+]c1c(-n2c3ccccc3c3ccc(-n4c5ccccc5c5ccccc54)cc32)ccc(-c2cc(F)cc(F)c2)c1-n1c2ccccc2c2ccc(C3c4ccccc4-c4ccccc43)cc21. The maximum atomic E-state index is 15.4. The minimum absolute atomic E-state index is 0.0250. The van der Waals surface area contributed by atoms with Crippen LogP contribution in [0, 0.1) is 18.2 Å². The summed E-state index contributed by atoms with van der Waals surface area (Å²) in [5, 5.41) is 6.44. The fourth-order valence-corrected chi connectivity index (χ4v) is 11.5. The number of aromatic nitrogens is 3. The van der Waals surface area contributed by atoms with Crippen LogP contribution in [0.5, 0.6) is 0 Å². The third kappa shape index (κ3) is 5.39. The lowest BCUT2D eigenvalue weighted by molar-refractivity contribution is 0.584. The summed E-state index contributed by atoms with van der Waals surface area (Å²) >= 11 is 0. The Balaban J connectivity index is 1.09. The molecule has 0 aliphatic heterocycles. The zero-order valence-electron chi connectivity index (χ0n) is 36.3. The van der Waals surface area contributed by atoms with Crippen LogP contribution in [0.4, 0.5) is 14.5 Å². The standard InChI is InChI=1S/C62H36F2N4/c1-65-61-57(67-55-24-12-8-18-47(55)50-29-27-41(36-59(50)67)66-53-22-10-6-16-45(53)46-17-7-11-23-54(46)66)31-30-42(38-32-39(63)35-40(64)33-38)62(61)68-56-25-13-9-19-48(56)49-28-26-37(34-58(49)68)60-51-20-4-2-14-43(51)44-15-3-5-21-52(44)60/h2-36,60H. The Morgan fingerprint density at radius 3 is 1.43 bits per heavy atom. The molecule has 1 aliphatic carbocycles. The number of hydrogen-bond donors (Lipinski definition) is 0. The van der Waals surface area contributed by atoms with Crippen LogP contribution >= 0.6 is 0 Å². The van der Waals surface area contributed by atoms with Gasteiger partial charge in [0.2, 0.25) is 5.69 Å². The van der Waals surface area contributed by atoms with Gasteiger partial charge in [-0.15, -0.1) is 0 Å². The van der Waals surface area contributed by atoms with Gasteiger partial charge in [0, 0.05) is 50.0 Å². The minimum Gasteiger partial charge on any atom is -0.319 e. The van der Waals surface area contributed by atoms with Gasteiger partial charge >= 0.3 is 0 Å². The molecule has 0 saturated heterocycles. The molecule has 6 heteroatoms. The molecule has 0 atom stereocenters. The zero-order chi connectivity index (χ0) is 45.2. The third-order valence-electron chi connectivity index (χ3n) is 14.2. The normalized spacial score (nSPS) is 12.5. The van der Waals surface area contributed by atoms with Crippen LogP contribution in [0.25, 0.3) is 110 Å². The van der Waals surface area contributed by atoms with Crippen LogP contribution in [-0.2, 0) is 0 Å². The predicted molar refractivity (Wildman–Crippen MR) is 274 cm³/mol. The molecule has 0 bridgehead atoms. The van der Waals surface area contributed by atoms with E-state index in [2.05, 4.69) is 176 Å². The maximum absolute atomic E-state index is 15.4. The van der Waals surface area contributed by atoms with E-state index in [4.69, 9.17) is 0 Å². The lowest BCUT2D eigenvalue weighted by atomic mass is 9.89. The molecule has 10 aromatic carbocycles. The smallest absolute Gasteiger partial charge is 0.234 e. The van der Waals surface area contributed by atoms with Gasteiger partial charge in [-0.1, -0.05) is 146 Å². The Bertz CT molecular complexity index is 4210. The molecule has 0 fully saturated rings. The Morgan fingerprint density at radius 2 is 0.853 bits per heavy atom. The first-order chi connectivity index (χ1) is 33.5.